The third-order valence-corrected chi connectivity index (χ3v) is 13.7. The molecule has 9 aromatic rings. The maximum atomic E-state index is 12.2. The number of imidazole rings is 5. The van der Waals surface area contributed by atoms with Gasteiger partial charge in [-0.2, -0.15) is 0 Å². The molecule has 0 saturated heterocycles. The van der Waals surface area contributed by atoms with Crippen LogP contribution in [0.25, 0.3) is 23.3 Å². The number of carbonyl (C=O) groups excluding carboxylic acids is 1. The quantitative estimate of drug-likeness (QED) is 0.0492. The fourth-order valence-electron chi connectivity index (χ4n) is 9.16. The maximum absolute atomic E-state index is 12.2. The van der Waals surface area contributed by atoms with Crippen molar-refractivity contribution in [3.8, 4) is 23.3 Å². The van der Waals surface area contributed by atoms with Crippen LogP contribution in [0.15, 0.2) is 172 Å². The Morgan fingerprint density at radius 1 is 0.545 bits per heavy atom. The Kier molecular flexibility index (Phi) is 26.6. The number of hydrogen-bond donors (Lipinski definition) is 1. The third-order valence-electron chi connectivity index (χ3n) is 13.7. The largest absolute Gasteiger partial charge is 0.356 e. The first-order valence-corrected chi connectivity index (χ1v) is 27.0. The van der Waals surface area contributed by atoms with E-state index in [4.69, 9.17) is 0 Å². The summed E-state index contributed by atoms with van der Waals surface area (Å²) < 4.78 is 12.2. The molecule has 8 heterocycles. The van der Waals surface area contributed by atoms with Crippen molar-refractivity contribution < 1.29 is 29.2 Å². The van der Waals surface area contributed by atoms with Crippen molar-refractivity contribution in [3.63, 3.8) is 0 Å². The van der Waals surface area contributed by atoms with E-state index >= 15 is 0 Å². The molecule has 0 aliphatic rings. The van der Waals surface area contributed by atoms with Gasteiger partial charge in [0.05, 0.1) is 6.33 Å². The first kappa shape index (κ1) is 60.7. The predicted molar refractivity (Wildman–Crippen MR) is 303 cm³/mol. The normalized spacial score (nSPS) is 11.8. The first-order chi connectivity index (χ1) is 37.1. The number of rotatable bonds is 23. The van der Waals surface area contributed by atoms with E-state index in [1.165, 1.54) is 23.1 Å². The van der Waals surface area contributed by atoms with E-state index in [0.29, 0.717) is 24.2 Å². The minimum Gasteiger partial charge on any atom is -0.356 e. The number of nitrogens with one attached hydrogen (secondary N) is 1. The molecule has 3 atom stereocenters. The van der Waals surface area contributed by atoms with Crippen LogP contribution in [0.5, 0.6) is 0 Å². The topological polar surface area (TPSA) is 148 Å². The summed E-state index contributed by atoms with van der Waals surface area (Å²) in [6.45, 7) is 9.46. The molecule has 0 radical (unpaired) electrons. The Labute approximate surface area is 470 Å². The zero-order chi connectivity index (χ0) is 53.7. The molecule has 0 saturated carbocycles. The van der Waals surface area contributed by atoms with Crippen molar-refractivity contribution in [3.05, 3.63) is 194 Å². The second-order valence-corrected chi connectivity index (χ2v) is 19.5. The van der Waals surface area contributed by atoms with Gasteiger partial charge in [-0.05, 0) is 111 Å². The Morgan fingerprint density at radius 3 is 1.60 bits per heavy atom. The predicted octanol–water partition coefficient (Wildman–Crippen LogP) is 11.4. The van der Waals surface area contributed by atoms with Crippen LogP contribution in [0, 0.1) is 6.92 Å². The van der Waals surface area contributed by atoms with E-state index in [-0.39, 0.29) is 25.7 Å². The zero-order valence-corrected chi connectivity index (χ0v) is 48.9. The van der Waals surface area contributed by atoms with E-state index < -0.39 is 0 Å². The molecule has 8 aromatic heterocycles. The fraction of sp³-hybridized carbons (Fsp3) is 0.393. The zero-order valence-electron chi connectivity index (χ0n) is 46.4. The van der Waals surface area contributed by atoms with Crippen LogP contribution < -0.4 is 9.88 Å². The van der Waals surface area contributed by atoms with Crippen molar-refractivity contribution in [1.29, 1.82) is 0 Å². The van der Waals surface area contributed by atoms with Crippen molar-refractivity contribution in [2.75, 3.05) is 6.54 Å². The van der Waals surface area contributed by atoms with Crippen molar-refractivity contribution in [2.24, 2.45) is 28.2 Å². The van der Waals surface area contributed by atoms with Crippen LogP contribution in [0.4, 0.5) is 0 Å². The standard InChI is InChI=1S/C39H53N5O.2C8H10N4.C6H7N.Os/c1-3-34(36-14-8-6-9-15-36)31-38(37-17-22-40-23-18-37)30-33(2)35-19-27-43(28-20-35)25-13-7-10-16-39(45)42-21-11-4-5-12-26-44-29-24-41-32-44;2*1-11-5-3-9-7(11)8-10-4-6-12(8)2;1-6-4-2-3-5-7-6;/h6,8-9,14-15,17-20,22-24,27-29,32-34,38H,3-5,7,10-13,16,21,25-26,30-31H2,1-2H3;2*3-6H,1-2H3;2-5H,1H3;/p+1. The molecular weight excluding hydrogens is 1130 g/mol. The summed E-state index contributed by atoms with van der Waals surface area (Å²) in [6.07, 6.45) is 42.2. The van der Waals surface area contributed by atoms with E-state index in [2.05, 4.69) is 130 Å². The van der Waals surface area contributed by atoms with Crippen molar-refractivity contribution >= 4 is 5.91 Å². The monoisotopic (exact) mass is 1220 g/mol. The molecule has 0 bridgehead atoms. The number of unbranched alkanes of at least 4 members (excludes halogenated alkanes) is 5. The molecule has 0 aliphatic heterocycles. The summed E-state index contributed by atoms with van der Waals surface area (Å²) in [5.41, 5.74) is 5.30. The number of amides is 1. The number of nitrogens with zero attached hydrogens (tertiary/aromatic N) is 13. The molecule has 1 amide bonds. The van der Waals surface area contributed by atoms with Crippen LogP contribution >= 0.6 is 0 Å². The van der Waals surface area contributed by atoms with Gasteiger partial charge in [-0.25, -0.2) is 29.5 Å². The second kappa shape index (κ2) is 33.8. The number of pyridine rings is 3. The molecule has 15 nitrogen and oxygen atoms in total. The van der Waals surface area contributed by atoms with E-state index in [9.17, 15) is 4.79 Å². The molecule has 0 spiro atoms. The molecule has 9 rings (SSSR count). The fourth-order valence-corrected chi connectivity index (χ4v) is 9.16. The Bertz CT molecular complexity index is 2780. The molecule has 77 heavy (non-hydrogen) atoms. The van der Waals surface area contributed by atoms with Gasteiger partial charge in [0, 0.05) is 172 Å². The van der Waals surface area contributed by atoms with E-state index in [1.807, 2.05) is 127 Å². The average molecular weight is 1220 g/mol. The Balaban J connectivity index is 0.000000270. The Morgan fingerprint density at radius 2 is 1.10 bits per heavy atom. The van der Waals surface area contributed by atoms with Crippen LogP contribution in [0.2, 0.25) is 0 Å². The molecule has 3 unspecified atom stereocenters. The third kappa shape index (κ3) is 20.7. The van der Waals surface area contributed by atoms with Crippen LogP contribution in [0.1, 0.15) is 125 Å². The van der Waals surface area contributed by atoms with Gasteiger partial charge in [-0.15, -0.1) is 0 Å². The summed E-state index contributed by atoms with van der Waals surface area (Å²) in [5.74, 6) is 5.26. The maximum Gasteiger partial charge on any atom is 0.219 e. The summed E-state index contributed by atoms with van der Waals surface area (Å²) in [6, 6.07) is 25.8. The van der Waals surface area contributed by atoms with Gasteiger partial charge in [-0.3, -0.25) is 14.8 Å². The number of aryl methyl sites for hydroxylation is 7. The SMILES string of the molecule is CCC(CC(CC(C)c1cc[n+](CCCCCC(=O)NCCCCCCn2ccnc2)cc1)c1ccncc1)c1ccccc1.Cc1ccccn1.Cn1ccnc1-c1nccn1C.Cn1ccnc1-c1nccn1C.[Os]. The van der Waals surface area contributed by atoms with Gasteiger partial charge in [0.2, 0.25) is 5.91 Å². The summed E-state index contributed by atoms with van der Waals surface area (Å²) in [5, 5.41) is 3.10. The molecule has 408 valence electrons. The first-order valence-electron chi connectivity index (χ1n) is 27.0. The minimum absolute atomic E-state index is 0. The number of benzene rings is 1. The van der Waals surface area contributed by atoms with Crippen LogP contribution in [-0.2, 0) is 65.9 Å². The van der Waals surface area contributed by atoms with E-state index in [0.717, 1.165) is 106 Å². The van der Waals surface area contributed by atoms with Gasteiger partial charge >= 0.3 is 0 Å². The van der Waals surface area contributed by atoms with Crippen LogP contribution in [-0.4, -0.2) is 70.2 Å². The number of carbonyl (C=O) groups is 1. The van der Waals surface area contributed by atoms with Crippen molar-refractivity contribution in [1.82, 2.24) is 63.0 Å². The van der Waals surface area contributed by atoms with Crippen molar-refractivity contribution in [2.45, 2.75) is 122 Å². The van der Waals surface area contributed by atoms with Gasteiger partial charge < -0.3 is 28.2 Å². The number of aromatic nitrogens is 13. The molecule has 0 fully saturated rings. The minimum atomic E-state index is 0. The summed E-state index contributed by atoms with van der Waals surface area (Å²) in [7, 11) is 7.82. The van der Waals surface area contributed by atoms with E-state index in [1.54, 1.807) is 31.0 Å². The second-order valence-electron chi connectivity index (χ2n) is 19.5. The average Bonchev–Trinajstić information content (AvgIpc) is 4.35. The molecule has 1 N–H and O–H groups in total. The van der Waals surface area contributed by atoms with Gasteiger partial charge in [0.1, 0.15) is 6.54 Å². The van der Waals surface area contributed by atoms with Crippen LogP contribution in [0.3, 0.4) is 0 Å². The molecular formula is C61H81N14OOs+. The summed E-state index contributed by atoms with van der Waals surface area (Å²) >= 11 is 0. The van der Waals surface area contributed by atoms with Gasteiger partial charge in [0.15, 0.2) is 35.7 Å². The Hall–Kier alpha value is -7.17. The van der Waals surface area contributed by atoms with Gasteiger partial charge in [0.25, 0.3) is 0 Å². The molecule has 1 aromatic carbocycles. The molecule has 0 aliphatic carbocycles. The molecule has 16 heteroatoms. The smallest absolute Gasteiger partial charge is 0.219 e. The van der Waals surface area contributed by atoms with Gasteiger partial charge in [-0.1, -0.05) is 63.1 Å². The summed E-state index contributed by atoms with van der Waals surface area (Å²) in [4.78, 5) is 41.3. The number of hydrogen-bond acceptors (Lipinski definition) is 8.